The molecule has 1 unspecified atom stereocenters. The molecule has 13 heavy (non-hydrogen) atoms. The molecular weight excluding hydrogens is 162 g/mol. The van der Waals surface area contributed by atoms with Crippen LogP contribution in [0.5, 0.6) is 0 Å². The molecule has 0 bridgehead atoms. The first kappa shape index (κ1) is 10.3. The van der Waals surface area contributed by atoms with Crippen LogP contribution in [-0.4, -0.2) is 16.1 Å². The molecule has 0 saturated heterocycles. The van der Waals surface area contributed by atoms with Crippen molar-refractivity contribution in [2.75, 3.05) is 6.54 Å². The van der Waals surface area contributed by atoms with Gasteiger partial charge in [-0.05, 0) is 6.42 Å². The second-order valence-corrected chi connectivity index (χ2v) is 3.40. The Morgan fingerprint density at radius 1 is 1.46 bits per heavy atom. The Morgan fingerprint density at radius 2 is 2.31 bits per heavy atom. The van der Waals surface area contributed by atoms with Gasteiger partial charge >= 0.3 is 0 Å². The predicted octanol–water partition coefficient (Wildman–Crippen LogP) is 1.96. The fraction of sp³-hybridized carbons (Fsp3) is 0.700. The summed E-state index contributed by atoms with van der Waals surface area (Å²) in [5.74, 6) is 0. The summed E-state index contributed by atoms with van der Waals surface area (Å²) in [6.07, 6.45) is 10.6. The van der Waals surface area contributed by atoms with Gasteiger partial charge < -0.3 is 10.3 Å². The van der Waals surface area contributed by atoms with Crippen LogP contribution in [0.15, 0.2) is 18.7 Å². The summed E-state index contributed by atoms with van der Waals surface area (Å²) in [6, 6.07) is 0.439. The summed E-state index contributed by atoms with van der Waals surface area (Å²) in [5, 5.41) is 0. The van der Waals surface area contributed by atoms with Gasteiger partial charge in [0.1, 0.15) is 0 Å². The molecule has 0 amide bonds. The fourth-order valence-corrected chi connectivity index (χ4v) is 1.50. The molecule has 1 atom stereocenters. The first-order valence-corrected chi connectivity index (χ1v) is 5.06. The van der Waals surface area contributed by atoms with Crippen LogP contribution in [0, 0.1) is 0 Å². The summed E-state index contributed by atoms with van der Waals surface area (Å²) >= 11 is 0. The summed E-state index contributed by atoms with van der Waals surface area (Å²) in [7, 11) is 0. The second-order valence-electron chi connectivity index (χ2n) is 3.40. The maximum absolute atomic E-state index is 5.70. The largest absolute Gasteiger partial charge is 0.333 e. The Hall–Kier alpha value is -0.830. The summed E-state index contributed by atoms with van der Waals surface area (Å²) in [5.41, 5.74) is 5.70. The van der Waals surface area contributed by atoms with Crippen molar-refractivity contribution in [1.82, 2.24) is 9.55 Å². The maximum atomic E-state index is 5.70. The molecule has 1 aromatic heterocycles. The molecule has 0 spiro atoms. The van der Waals surface area contributed by atoms with Crippen LogP contribution < -0.4 is 5.73 Å². The number of nitrogens with zero attached hydrogens (tertiary/aromatic N) is 2. The van der Waals surface area contributed by atoms with Gasteiger partial charge in [0.2, 0.25) is 0 Å². The topological polar surface area (TPSA) is 43.8 Å². The van der Waals surface area contributed by atoms with E-state index in [1.165, 1.54) is 25.7 Å². The standard InChI is InChI=1S/C10H19N3/c1-2-3-4-5-10(8-11)13-7-6-12-9-13/h6-7,9-10H,2-5,8,11H2,1H3. The van der Waals surface area contributed by atoms with E-state index < -0.39 is 0 Å². The van der Waals surface area contributed by atoms with Crippen molar-refractivity contribution in [1.29, 1.82) is 0 Å². The van der Waals surface area contributed by atoms with Crippen LogP contribution in [0.4, 0.5) is 0 Å². The van der Waals surface area contributed by atoms with Gasteiger partial charge in [-0.2, -0.15) is 0 Å². The highest BCUT2D eigenvalue weighted by Gasteiger charge is 2.06. The third kappa shape index (κ3) is 3.19. The molecule has 0 saturated carbocycles. The van der Waals surface area contributed by atoms with Gasteiger partial charge in [0.25, 0.3) is 0 Å². The number of aromatic nitrogens is 2. The quantitative estimate of drug-likeness (QED) is 0.682. The smallest absolute Gasteiger partial charge is 0.0948 e. The van der Waals surface area contributed by atoms with Crippen molar-refractivity contribution in [3.05, 3.63) is 18.7 Å². The van der Waals surface area contributed by atoms with Crippen LogP contribution in [0.25, 0.3) is 0 Å². The molecular formula is C10H19N3. The highest BCUT2D eigenvalue weighted by molar-refractivity contribution is 4.80. The molecule has 3 nitrogen and oxygen atoms in total. The molecule has 1 rings (SSSR count). The molecule has 0 aliphatic heterocycles. The van der Waals surface area contributed by atoms with Crippen LogP contribution >= 0.6 is 0 Å². The van der Waals surface area contributed by atoms with E-state index in [0.29, 0.717) is 12.6 Å². The molecule has 0 aliphatic carbocycles. The van der Waals surface area contributed by atoms with E-state index in [4.69, 9.17) is 5.73 Å². The van der Waals surface area contributed by atoms with E-state index in [1.807, 2.05) is 18.7 Å². The number of nitrogens with two attached hydrogens (primary N) is 1. The molecule has 1 heterocycles. The van der Waals surface area contributed by atoms with Crippen molar-refractivity contribution >= 4 is 0 Å². The molecule has 1 aromatic rings. The van der Waals surface area contributed by atoms with E-state index >= 15 is 0 Å². The molecule has 74 valence electrons. The zero-order valence-corrected chi connectivity index (χ0v) is 8.32. The van der Waals surface area contributed by atoms with Crippen LogP contribution in [0.2, 0.25) is 0 Å². The van der Waals surface area contributed by atoms with Gasteiger partial charge in [-0.1, -0.05) is 26.2 Å². The van der Waals surface area contributed by atoms with Gasteiger partial charge in [-0.3, -0.25) is 0 Å². The lowest BCUT2D eigenvalue weighted by Gasteiger charge is -2.15. The average Bonchev–Trinajstić information content (AvgIpc) is 2.65. The van der Waals surface area contributed by atoms with Gasteiger partial charge in [0.15, 0.2) is 0 Å². The third-order valence-electron chi connectivity index (χ3n) is 2.36. The second kappa shape index (κ2) is 5.75. The minimum Gasteiger partial charge on any atom is -0.333 e. The third-order valence-corrected chi connectivity index (χ3v) is 2.36. The lowest BCUT2D eigenvalue weighted by atomic mass is 10.1. The van der Waals surface area contributed by atoms with E-state index in [9.17, 15) is 0 Å². The number of hydrogen-bond donors (Lipinski definition) is 1. The molecule has 2 N–H and O–H groups in total. The minimum atomic E-state index is 0.439. The van der Waals surface area contributed by atoms with Crippen LogP contribution in [-0.2, 0) is 0 Å². The fourth-order valence-electron chi connectivity index (χ4n) is 1.50. The first-order valence-electron chi connectivity index (χ1n) is 5.06. The Labute approximate surface area is 80.0 Å². The Kier molecular flexibility index (Phi) is 4.54. The van der Waals surface area contributed by atoms with Crippen molar-refractivity contribution in [2.45, 2.75) is 38.6 Å². The average molecular weight is 181 g/mol. The Morgan fingerprint density at radius 3 is 2.85 bits per heavy atom. The number of hydrogen-bond acceptors (Lipinski definition) is 2. The zero-order chi connectivity index (χ0) is 9.52. The Balaban J connectivity index is 2.35. The highest BCUT2D eigenvalue weighted by atomic mass is 15.1. The van der Waals surface area contributed by atoms with Crippen molar-refractivity contribution in [3.63, 3.8) is 0 Å². The Bertz CT molecular complexity index is 206. The molecule has 0 fully saturated rings. The number of unbranched alkanes of at least 4 members (excludes halogenated alkanes) is 2. The highest BCUT2D eigenvalue weighted by Crippen LogP contribution is 2.13. The van der Waals surface area contributed by atoms with Crippen molar-refractivity contribution in [3.8, 4) is 0 Å². The normalized spacial score (nSPS) is 13.1. The lowest BCUT2D eigenvalue weighted by molar-refractivity contribution is 0.451. The zero-order valence-electron chi connectivity index (χ0n) is 8.32. The van der Waals surface area contributed by atoms with Gasteiger partial charge in [-0.25, -0.2) is 4.98 Å². The minimum absolute atomic E-state index is 0.439. The lowest BCUT2D eigenvalue weighted by Crippen LogP contribution is -2.17. The van der Waals surface area contributed by atoms with Crippen LogP contribution in [0.1, 0.15) is 38.6 Å². The molecule has 0 aromatic carbocycles. The first-order chi connectivity index (χ1) is 6.38. The van der Waals surface area contributed by atoms with E-state index in [0.717, 1.165) is 0 Å². The van der Waals surface area contributed by atoms with Crippen LogP contribution in [0.3, 0.4) is 0 Å². The van der Waals surface area contributed by atoms with Gasteiger partial charge in [0, 0.05) is 25.0 Å². The summed E-state index contributed by atoms with van der Waals surface area (Å²) in [4.78, 5) is 4.03. The molecule has 0 aliphatic rings. The predicted molar refractivity (Wildman–Crippen MR) is 54.5 cm³/mol. The van der Waals surface area contributed by atoms with Crippen molar-refractivity contribution < 1.29 is 0 Å². The monoisotopic (exact) mass is 181 g/mol. The number of rotatable bonds is 6. The maximum Gasteiger partial charge on any atom is 0.0948 e. The van der Waals surface area contributed by atoms with Gasteiger partial charge in [-0.15, -0.1) is 0 Å². The SMILES string of the molecule is CCCCCC(CN)n1ccnc1. The summed E-state index contributed by atoms with van der Waals surface area (Å²) in [6.45, 7) is 2.93. The van der Waals surface area contributed by atoms with E-state index in [2.05, 4.69) is 16.5 Å². The van der Waals surface area contributed by atoms with E-state index in [1.54, 1.807) is 0 Å². The molecule has 0 radical (unpaired) electrons. The molecule has 3 heteroatoms. The van der Waals surface area contributed by atoms with Gasteiger partial charge in [0.05, 0.1) is 6.33 Å². The van der Waals surface area contributed by atoms with Crippen molar-refractivity contribution in [2.24, 2.45) is 5.73 Å². The van der Waals surface area contributed by atoms with E-state index in [-0.39, 0.29) is 0 Å². The summed E-state index contributed by atoms with van der Waals surface area (Å²) < 4.78 is 2.11. The number of imidazole rings is 1.